The van der Waals surface area contributed by atoms with E-state index in [1.165, 1.54) is 22.3 Å². The Morgan fingerprint density at radius 1 is 0.288 bits per heavy atom. The molecule has 1 spiro atoms. The van der Waals surface area contributed by atoms with E-state index < -0.39 is 11.0 Å². The first kappa shape index (κ1) is 30.4. The van der Waals surface area contributed by atoms with E-state index in [2.05, 4.69) is 193 Å². The van der Waals surface area contributed by atoms with Crippen LogP contribution in [0.25, 0.3) is 22.3 Å². The van der Waals surface area contributed by atoms with Gasteiger partial charge < -0.3 is 10.0 Å². The fourth-order valence-electron chi connectivity index (χ4n) is 9.09. The highest BCUT2D eigenvalue weighted by Crippen LogP contribution is 2.63. The van der Waals surface area contributed by atoms with Gasteiger partial charge in [-0.25, -0.2) is 0 Å². The van der Waals surface area contributed by atoms with Gasteiger partial charge in [0.1, 0.15) is 5.60 Å². The second-order valence-electron chi connectivity index (χ2n) is 13.7. The third-order valence-corrected chi connectivity index (χ3v) is 11.2. The van der Waals surface area contributed by atoms with Crippen molar-refractivity contribution in [1.82, 2.24) is 0 Å². The number of hydrogen-bond acceptors (Lipinski definition) is 2. The highest BCUT2D eigenvalue weighted by atomic mass is 16.3. The standard InChI is InChI=1S/C50H35NO/c52-50(44-26-12-7-21-39(44)35-31-33-38(34-32-35)51(36-17-3-1-4-18-36)37-19-5-2-6-20-37)47-29-15-13-27-45(47)49(46-28-14-16-30-48(46)50)42-24-10-8-22-40(42)41-23-9-11-25-43(41)49/h1-34,52H. The number of anilines is 3. The van der Waals surface area contributed by atoms with Crippen molar-refractivity contribution in [1.29, 1.82) is 0 Å². The lowest BCUT2D eigenvalue weighted by atomic mass is 9.56. The minimum Gasteiger partial charge on any atom is -0.376 e. The molecule has 0 amide bonds. The lowest BCUT2D eigenvalue weighted by Crippen LogP contribution is -2.44. The lowest BCUT2D eigenvalue weighted by molar-refractivity contribution is 0.119. The smallest absolute Gasteiger partial charge is 0.141 e. The van der Waals surface area contributed by atoms with E-state index in [0.717, 1.165) is 56.0 Å². The molecule has 0 aromatic heterocycles. The zero-order valence-corrected chi connectivity index (χ0v) is 28.5. The normalized spacial score (nSPS) is 14.2. The third-order valence-electron chi connectivity index (χ3n) is 11.2. The molecule has 0 saturated heterocycles. The molecule has 246 valence electrons. The summed E-state index contributed by atoms with van der Waals surface area (Å²) in [6.45, 7) is 0. The zero-order valence-electron chi connectivity index (χ0n) is 28.5. The van der Waals surface area contributed by atoms with Gasteiger partial charge >= 0.3 is 0 Å². The third kappa shape index (κ3) is 4.22. The van der Waals surface area contributed by atoms with E-state index in [1.54, 1.807) is 0 Å². The summed E-state index contributed by atoms with van der Waals surface area (Å²) in [5.41, 5.74) is 13.2. The molecule has 52 heavy (non-hydrogen) atoms. The molecule has 2 heteroatoms. The summed E-state index contributed by atoms with van der Waals surface area (Å²) in [6.07, 6.45) is 0. The van der Waals surface area contributed by atoms with Crippen molar-refractivity contribution in [2.45, 2.75) is 11.0 Å². The van der Waals surface area contributed by atoms with Crippen molar-refractivity contribution < 1.29 is 5.11 Å². The summed E-state index contributed by atoms with van der Waals surface area (Å²) >= 11 is 0. The van der Waals surface area contributed by atoms with Crippen LogP contribution in [0.1, 0.15) is 38.9 Å². The van der Waals surface area contributed by atoms with Gasteiger partial charge in [0.05, 0.1) is 5.41 Å². The fourth-order valence-corrected chi connectivity index (χ4v) is 9.09. The van der Waals surface area contributed by atoms with Gasteiger partial charge in [-0.1, -0.05) is 170 Å². The Labute approximate surface area is 304 Å². The van der Waals surface area contributed by atoms with Crippen LogP contribution >= 0.6 is 0 Å². The first-order valence-electron chi connectivity index (χ1n) is 17.9. The Bertz CT molecular complexity index is 2460. The van der Waals surface area contributed by atoms with Crippen LogP contribution in [0.15, 0.2) is 206 Å². The molecule has 0 radical (unpaired) electrons. The molecule has 8 aromatic carbocycles. The molecular formula is C50H35NO. The minimum atomic E-state index is -1.42. The van der Waals surface area contributed by atoms with Crippen molar-refractivity contribution in [3.8, 4) is 22.3 Å². The van der Waals surface area contributed by atoms with Gasteiger partial charge in [0.2, 0.25) is 0 Å². The van der Waals surface area contributed by atoms with Crippen LogP contribution in [0.2, 0.25) is 0 Å². The molecule has 0 atom stereocenters. The van der Waals surface area contributed by atoms with E-state index in [9.17, 15) is 5.11 Å². The Balaban J connectivity index is 1.17. The van der Waals surface area contributed by atoms with Crippen molar-refractivity contribution in [3.63, 3.8) is 0 Å². The molecule has 0 fully saturated rings. The van der Waals surface area contributed by atoms with Gasteiger partial charge in [0.25, 0.3) is 0 Å². The van der Waals surface area contributed by atoms with Crippen molar-refractivity contribution in [3.05, 3.63) is 245 Å². The number of fused-ring (bicyclic) bond motifs is 9. The van der Waals surface area contributed by atoms with Gasteiger partial charge in [0.15, 0.2) is 0 Å². The molecule has 0 heterocycles. The van der Waals surface area contributed by atoms with Gasteiger partial charge in [-0.3, -0.25) is 0 Å². The molecule has 0 saturated carbocycles. The summed E-state index contributed by atoms with van der Waals surface area (Å²) in [5, 5.41) is 13.7. The first-order valence-corrected chi connectivity index (χ1v) is 17.9. The second-order valence-corrected chi connectivity index (χ2v) is 13.7. The van der Waals surface area contributed by atoms with E-state index in [-0.39, 0.29) is 0 Å². The maximum atomic E-state index is 13.7. The van der Waals surface area contributed by atoms with Crippen molar-refractivity contribution in [2.75, 3.05) is 4.90 Å². The molecular weight excluding hydrogens is 631 g/mol. The Kier molecular flexibility index (Phi) is 6.89. The van der Waals surface area contributed by atoms with E-state index in [0.29, 0.717) is 0 Å². The second kappa shape index (κ2) is 11.8. The Hall–Kier alpha value is -6.48. The molecule has 1 N–H and O–H groups in total. The average molecular weight is 666 g/mol. The molecule has 10 rings (SSSR count). The van der Waals surface area contributed by atoms with Crippen LogP contribution in [0.5, 0.6) is 0 Å². The van der Waals surface area contributed by atoms with Gasteiger partial charge in [-0.15, -0.1) is 0 Å². The zero-order chi connectivity index (χ0) is 34.7. The van der Waals surface area contributed by atoms with Crippen LogP contribution in [0.4, 0.5) is 17.1 Å². The quantitative estimate of drug-likeness (QED) is 0.198. The predicted octanol–water partition coefficient (Wildman–Crippen LogP) is 11.8. The summed E-state index contributed by atoms with van der Waals surface area (Å²) in [4.78, 5) is 2.27. The molecule has 0 unspecified atom stereocenters. The van der Waals surface area contributed by atoms with E-state index in [1.807, 2.05) is 18.2 Å². The molecule has 8 aromatic rings. The van der Waals surface area contributed by atoms with Gasteiger partial charge in [-0.2, -0.15) is 0 Å². The van der Waals surface area contributed by atoms with Crippen LogP contribution in [-0.2, 0) is 11.0 Å². The van der Waals surface area contributed by atoms with E-state index >= 15 is 0 Å². The summed E-state index contributed by atoms with van der Waals surface area (Å²) in [6, 6.07) is 72.7. The number of para-hydroxylation sites is 2. The first-order chi connectivity index (χ1) is 25.7. The van der Waals surface area contributed by atoms with Crippen molar-refractivity contribution >= 4 is 17.1 Å². The lowest BCUT2D eigenvalue weighted by Gasteiger charge is -2.47. The molecule has 2 nitrogen and oxygen atoms in total. The van der Waals surface area contributed by atoms with Gasteiger partial charge in [-0.05, 0) is 92.0 Å². The van der Waals surface area contributed by atoms with Crippen LogP contribution in [-0.4, -0.2) is 5.11 Å². The number of hydrogen-bond donors (Lipinski definition) is 1. The van der Waals surface area contributed by atoms with E-state index in [4.69, 9.17) is 0 Å². The molecule has 2 aliphatic carbocycles. The SMILES string of the molecule is OC1(c2ccccc2-c2ccc(N(c3ccccc3)c3ccccc3)cc2)c2ccccc2C2(c3ccccc3-c3ccccc32)c2ccccc21. The maximum Gasteiger partial charge on any atom is 0.141 e. The van der Waals surface area contributed by atoms with Crippen LogP contribution in [0, 0.1) is 0 Å². The largest absolute Gasteiger partial charge is 0.376 e. The summed E-state index contributed by atoms with van der Waals surface area (Å²) in [5.74, 6) is 0. The Morgan fingerprint density at radius 2 is 0.635 bits per heavy atom. The molecule has 2 aliphatic rings. The number of nitrogens with zero attached hydrogens (tertiary/aromatic N) is 1. The monoisotopic (exact) mass is 665 g/mol. The van der Waals surface area contributed by atoms with Crippen molar-refractivity contribution in [2.24, 2.45) is 0 Å². The van der Waals surface area contributed by atoms with Gasteiger partial charge in [0, 0.05) is 22.6 Å². The maximum absolute atomic E-state index is 13.7. The van der Waals surface area contributed by atoms with Crippen LogP contribution < -0.4 is 4.90 Å². The number of rotatable bonds is 5. The van der Waals surface area contributed by atoms with Crippen LogP contribution in [0.3, 0.4) is 0 Å². The molecule has 0 aliphatic heterocycles. The number of benzene rings is 8. The summed E-state index contributed by atoms with van der Waals surface area (Å²) < 4.78 is 0. The topological polar surface area (TPSA) is 23.5 Å². The Morgan fingerprint density at radius 3 is 1.12 bits per heavy atom. The highest BCUT2D eigenvalue weighted by molar-refractivity contribution is 5.89. The molecule has 0 bridgehead atoms. The highest BCUT2D eigenvalue weighted by Gasteiger charge is 2.55. The summed E-state index contributed by atoms with van der Waals surface area (Å²) in [7, 11) is 0. The minimum absolute atomic E-state index is 0.568. The fraction of sp³-hybridized carbons (Fsp3) is 0.0400. The average Bonchev–Trinajstić information content (AvgIpc) is 3.52. The number of aliphatic hydroxyl groups is 1. The predicted molar refractivity (Wildman–Crippen MR) is 212 cm³/mol.